The molecule has 2 heteroatoms. The van der Waals surface area contributed by atoms with Crippen molar-refractivity contribution in [3.8, 4) is 0 Å². The van der Waals surface area contributed by atoms with Crippen molar-refractivity contribution in [3.63, 3.8) is 0 Å². The maximum absolute atomic E-state index is 4.81. The van der Waals surface area contributed by atoms with E-state index in [0.717, 1.165) is 30.9 Å². The smallest absolute Gasteiger partial charge is 0.0524 e. The van der Waals surface area contributed by atoms with E-state index >= 15 is 0 Å². The van der Waals surface area contributed by atoms with Gasteiger partial charge < -0.3 is 10.6 Å². The molecule has 0 radical (unpaired) electrons. The normalized spacial score (nSPS) is 29.3. The lowest BCUT2D eigenvalue weighted by atomic mass is 9.61. The minimum absolute atomic E-state index is 0.260. The SMILES string of the molecule is C=C(C)NC(C(=C)C1CC(C)C(C)C(C(=C)NC(CC2CCC2)C(=C)C(=C)CC)C1)C1(C)CCCCC1. The molecule has 3 aliphatic carbocycles. The van der Waals surface area contributed by atoms with E-state index in [1.807, 2.05) is 0 Å². The molecule has 2 N–H and O–H groups in total. The Morgan fingerprint density at radius 3 is 2.11 bits per heavy atom. The monoisotopic (exact) mass is 506 g/mol. The fourth-order valence-corrected chi connectivity index (χ4v) is 7.44. The lowest BCUT2D eigenvalue weighted by molar-refractivity contribution is 0.129. The number of rotatable bonds is 13. The van der Waals surface area contributed by atoms with E-state index in [-0.39, 0.29) is 11.5 Å². The molecule has 37 heavy (non-hydrogen) atoms. The Labute approximate surface area is 230 Å². The van der Waals surface area contributed by atoms with Crippen molar-refractivity contribution in [3.05, 3.63) is 61.0 Å². The fraction of sp³-hybridized carbons (Fsp3) is 0.714. The second-order valence-electron chi connectivity index (χ2n) is 13.5. The first-order valence-corrected chi connectivity index (χ1v) is 15.4. The van der Waals surface area contributed by atoms with E-state index < -0.39 is 0 Å². The zero-order valence-corrected chi connectivity index (χ0v) is 25.1. The average Bonchev–Trinajstić information content (AvgIpc) is 2.84. The van der Waals surface area contributed by atoms with Crippen LogP contribution in [0, 0.1) is 35.0 Å². The quantitative estimate of drug-likeness (QED) is 0.192. The molecule has 0 spiro atoms. The van der Waals surface area contributed by atoms with Gasteiger partial charge in [0.05, 0.1) is 12.1 Å². The summed E-state index contributed by atoms with van der Waals surface area (Å²) in [7, 11) is 0. The highest BCUT2D eigenvalue weighted by atomic mass is 15.0. The van der Waals surface area contributed by atoms with Crippen LogP contribution in [-0.4, -0.2) is 12.1 Å². The number of hydrogen-bond donors (Lipinski definition) is 2. The van der Waals surface area contributed by atoms with Gasteiger partial charge in [0.2, 0.25) is 0 Å². The maximum atomic E-state index is 4.81. The summed E-state index contributed by atoms with van der Waals surface area (Å²) in [4.78, 5) is 0. The van der Waals surface area contributed by atoms with Crippen molar-refractivity contribution in [2.45, 2.75) is 124 Å². The molecule has 0 bridgehead atoms. The summed E-state index contributed by atoms with van der Waals surface area (Å²) >= 11 is 0. The summed E-state index contributed by atoms with van der Waals surface area (Å²) < 4.78 is 0. The van der Waals surface area contributed by atoms with Gasteiger partial charge in [-0.3, -0.25) is 0 Å². The van der Waals surface area contributed by atoms with Gasteiger partial charge in [-0.25, -0.2) is 0 Å². The highest BCUT2D eigenvalue weighted by Gasteiger charge is 2.42. The summed E-state index contributed by atoms with van der Waals surface area (Å²) in [6, 6.07) is 0.562. The van der Waals surface area contributed by atoms with Crippen LogP contribution in [0.4, 0.5) is 0 Å². The summed E-state index contributed by atoms with van der Waals surface area (Å²) in [6.07, 6.45) is 15.1. The average molecular weight is 507 g/mol. The van der Waals surface area contributed by atoms with Crippen LogP contribution in [0.1, 0.15) is 112 Å². The van der Waals surface area contributed by atoms with Gasteiger partial charge in [-0.05, 0) is 80.1 Å². The summed E-state index contributed by atoms with van der Waals surface area (Å²) in [5.74, 6) is 3.01. The van der Waals surface area contributed by atoms with Crippen LogP contribution in [0.3, 0.4) is 0 Å². The van der Waals surface area contributed by atoms with Gasteiger partial charge in [0.1, 0.15) is 0 Å². The maximum Gasteiger partial charge on any atom is 0.0524 e. The third-order valence-corrected chi connectivity index (χ3v) is 10.6. The van der Waals surface area contributed by atoms with E-state index in [1.165, 1.54) is 80.2 Å². The Hall–Kier alpha value is -1.70. The van der Waals surface area contributed by atoms with Crippen LogP contribution < -0.4 is 10.6 Å². The first-order valence-electron chi connectivity index (χ1n) is 15.4. The van der Waals surface area contributed by atoms with Crippen molar-refractivity contribution < 1.29 is 0 Å². The van der Waals surface area contributed by atoms with Gasteiger partial charge in [-0.15, -0.1) is 0 Å². The predicted octanol–water partition coefficient (Wildman–Crippen LogP) is 9.49. The molecule has 208 valence electrons. The molecule has 3 saturated carbocycles. The highest BCUT2D eigenvalue weighted by Crippen LogP contribution is 2.48. The molecular weight excluding hydrogens is 448 g/mol. The second kappa shape index (κ2) is 12.9. The van der Waals surface area contributed by atoms with Crippen LogP contribution >= 0.6 is 0 Å². The first kappa shape index (κ1) is 29.9. The van der Waals surface area contributed by atoms with Gasteiger partial charge in [0.25, 0.3) is 0 Å². The van der Waals surface area contributed by atoms with E-state index in [0.29, 0.717) is 29.7 Å². The van der Waals surface area contributed by atoms with E-state index in [1.54, 1.807) is 0 Å². The van der Waals surface area contributed by atoms with Crippen LogP contribution in [0.2, 0.25) is 0 Å². The topological polar surface area (TPSA) is 24.1 Å². The Balaban J connectivity index is 1.77. The first-order chi connectivity index (χ1) is 17.5. The standard InChI is InChI=1S/C35H58N2/c1-11-24(4)27(7)33(21-30-16-15-17-30)37-29(9)32-22-31(20-25(5)26(32)6)28(8)34(36-23(2)3)35(10)18-13-12-14-19-35/h25-26,30-34,36-37H,2,4,7-9,11-22H2,1,3,5-6,10H3. The molecule has 0 aromatic heterocycles. The minimum Gasteiger partial charge on any atom is -0.382 e. The summed E-state index contributed by atoms with van der Waals surface area (Å²) in [5.41, 5.74) is 6.29. The summed E-state index contributed by atoms with van der Waals surface area (Å²) in [6.45, 7) is 34.2. The summed E-state index contributed by atoms with van der Waals surface area (Å²) in [5, 5.41) is 7.73. The molecule has 3 fully saturated rings. The second-order valence-corrected chi connectivity index (χ2v) is 13.5. The van der Waals surface area contributed by atoms with Gasteiger partial charge >= 0.3 is 0 Å². The molecule has 6 atom stereocenters. The van der Waals surface area contributed by atoms with E-state index in [9.17, 15) is 0 Å². The Kier molecular flexibility index (Phi) is 10.4. The molecule has 2 nitrogen and oxygen atoms in total. The Morgan fingerprint density at radius 2 is 1.57 bits per heavy atom. The van der Waals surface area contributed by atoms with Crippen molar-refractivity contribution in [1.82, 2.24) is 10.6 Å². The zero-order valence-electron chi connectivity index (χ0n) is 25.1. The molecule has 0 aromatic carbocycles. The van der Waals surface area contributed by atoms with Gasteiger partial charge in [0.15, 0.2) is 0 Å². The molecule has 0 saturated heterocycles. The fourth-order valence-electron chi connectivity index (χ4n) is 7.44. The van der Waals surface area contributed by atoms with Crippen molar-refractivity contribution >= 4 is 0 Å². The Bertz CT molecular complexity index is 852. The molecule has 0 aliphatic heterocycles. The van der Waals surface area contributed by atoms with Crippen LogP contribution in [0.25, 0.3) is 0 Å². The number of allylic oxidation sites excluding steroid dienone is 2. The molecule has 0 heterocycles. The third kappa shape index (κ3) is 7.24. The number of nitrogens with one attached hydrogen (secondary N) is 2. The van der Waals surface area contributed by atoms with E-state index in [2.05, 4.69) is 71.6 Å². The predicted molar refractivity (Wildman–Crippen MR) is 163 cm³/mol. The third-order valence-electron chi connectivity index (χ3n) is 10.6. The molecular formula is C35H58N2. The van der Waals surface area contributed by atoms with Gasteiger partial charge in [-0.1, -0.05) is 110 Å². The molecule has 0 amide bonds. The van der Waals surface area contributed by atoms with Crippen molar-refractivity contribution in [1.29, 1.82) is 0 Å². The van der Waals surface area contributed by atoms with Gasteiger partial charge in [0, 0.05) is 17.3 Å². The largest absolute Gasteiger partial charge is 0.382 e. The lowest BCUT2D eigenvalue weighted by Gasteiger charge is -2.48. The van der Waals surface area contributed by atoms with Gasteiger partial charge in [-0.2, -0.15) is 0 Å². The van der Waals surface area contributed by atoms with Crippen LogP contribution in [0.5, 0.6) is 0 Å². The van der Waals surface area contributed by atoms with Crippen LogP contribution in [0.15, 0.2) is 61.0 Å². The van der Waals surface area contributed by atoms with Crippen LogP contribution in [-0.2, 0) is 0 Å². The Morgan fingerprint density at radius 1 is 0.919 bits per heavy atom. The molecule has 6 unspecified atom stereocenters. The zero-order chi connectivity index (χ0) is 27.3. The molecule has 0 aromatic rings. The van der Waals surface area contributed by atoms with Crippen molar-refractivity contribution in [2.24, 2.45) is 35.0 Å². The lowest BCUT2D eigenvalue weighted by Crippen LogP contribution is -2.48. The highest BCUT2D eigenvalue weighted by molar-refractivity contribution is 5.31. The minimum atomic E-state index is 0.260. The van der Waals surface area contributed by atoms with Crippen molar-refractivity contribution in [2.75, 3.05) is 0 Å². The van der Waals surface area contributed by atoms with E-state index in [4.69, 9.17) is 6.58 Å². The molecule has 3 rings (SSSR count). The molecule has 3 aliphatic rings. The number of hydrogen-bond acceptors (Lipinski definition) is 2.